The Hall–Kier alpha value is -3.48. The Bertz CT molecular complexity index is 2190. The number of aromatic amines is 2. The summed E-state index contributed by atoms with van der Waals surface area (Å²) in [6.45, 7) is -2.68. The summed E-state index contributed by atoms with van der Waals surface area (Å²) in [5.41, 5.74) is 9.51. The van der Waals surface area contributed by atoms with Crippen molar-refractivity contribution in [3.05, 3.63) is 27.0 Å². The Kier molecular flexibility index (Phi) is 14.2. The molecule has 2 fully saturated rings. The van der Waals surface area contributed by atoms with Gasteiger partial charge in [-0.2, -0.15) is 9.97 Å². The van der Waals surface area contributed by atoms with Crippen LogP contribution in [0.3, 0.4) is 0 Å². The Morgan fingerprint density at radius 1 is 0.862 bits per heavy atom. The van der Waals surface area contributed by atoms with E-state index in [1.165, 1.54) is 11.9 Å². The van der Waals surface area contributed by atoms with Crippen LogP contribution < -0.4 is 32.8 Å². The van der Waals surface area contributed by atoms with Crippen molar-refractivity contribution < 1.29 is 85.8 Å². The molecule has 0 amide bonds. The maximum absolute atomic E-state index is 12.7. The van der Waals surface area contributed by atoms with Crippen molar-refractivity contribution in [1.82, 2.24) is 29.5 Å². The topological polar surface area (TPSA) is 454 Å². The predicted molar refractivity (Wildman–Crippen MR) is 191 cm³/mol. The van der Waals surface area contributed by atoms with Crippen molar-refractivity contribution >= 4 is 58.0 Å². The largest absolute Gasteiger partial charge is 0.472 e. The molecular formula is C25H41N10O20P3. The lowest BCUT2D eigenvalue weighted by atomic mass is 10.1. The average Bonchev–Trinajstić information content (AvgIpc) is 3.77. The number of nitrogen functional groups attached to an aromatic ring is 2. The second kappa shape index (κ2) is 18.0. The lowest BCUT2D eigenvalue weighted by Gasteiger charge is -2.31. The van der Waals surface area contributed by atoms with Gasteiger partial charge in [0.1, 0.15) is 48.4 Å². The molecule has 0 aliphatic carbocycles. The molecule has 11 atom stereocenters. The highest BCUT2D eigenvalue weighted by Crippen LogP contribution is 2.48. The molecule has 5 heterocycles. The normalized spacial score (nSPS) is 27.7. The highest BCUT2D eigenvalue weighted by Gasteiger charge is 2.48. The number of rotatable bonds is 19. The molecular weight excluding hydrogens is 853 g/mol. The number of nitrogens with two attached hydrogens (primary N) is 2. The van der Waals surface area contributed by atoms with Gasteiger partial charge in [0.15, 0.2) is 29.4 Å². The lowest BCUT2D eigenvalue weighted by molar-refractivity contribution is -0.0527. The van der Waals surface area contributed by atoms with Crippen LogP contribution in [0.1, 0.15) is 13.2 Å². The zero-order chi connectivity index (χ0) is 42.9. The van der Waals surface area contributed by atoms with Gasteiger partial charge in [0.25, 0.3) is 11.1 Å². The summed E-state index contributed by atoms with van der Waals surface area (Å²) in [6, 6.07) is 0. The first-order valence-electron chi connectivity index (χ1n) is 16.6. The Labute approximate surface area is 324 Å². The first kappa shape index (κ1) is 45.6. The molecule has 0 saturated carbocycles. The predicted octanol–water partition coefficient (Wildman–Crippen LogP) is -4.25. The summed E-state index contributed by atoms with van der Waals surface area (Å²) in [4.78, 5) is 81.3. The number of H-pyrrole nitrogens is 2. The van der Waals surface area contributed by atoms with Crippen LogP contribution in [-0.2, 0) is 45.8 Å². The van der Waals surface area contributed by atoms with Crippen molar-refractivity contribution in [1.29, 1.82) is 0 Å². The summed E-state index contributed by atoms with van der Waals surface area (Å²) < 4.78 is 72.8. The number of phosphoric acid groups is 3. The van der Waals surface area contributed by atoms with E-state index in [0.717, 1.165) is 10.9 Å². The Morgan fingerprint density at radius 3 is 1.98 bits per heavy atom. The number of aliphatic hydroxyl groups is 4. The van der Waals surface area contributed by atoms with Gasteiger partial charge in [-0.05, 0) is 6.92 Å². The Balaban J connectivity index is 1.15. The number of aliphatic hydroxyl groups excluding tert-OH is 4. The van der Waals surface area contributed by atoms with Gasteiger partial charge in [0.05, 0.1) is 32.8 Å². The third kappa shape index (κ3) is 10.6. The van der Waals surface area contributed by atoms with E-state index in [1.807, 2.05) is 0 Å². The van der Waals surface area contributed by atoms with Gasteiger partial charge in [-0.25, -0.2) is 18.7 Å². The number of anilines is 4. The number of fused-ring (bicyclic) bond motifs is 1. The standard InChI is InChI=1S/C25H41N10O20P3/c1-3-34(18-12(28-2)20(40)32-24(26)30-18)22-16(38)14(36)10(53-22)6-51-57(45,46)49-4-9(55-56(42,43)44)5-50-58(47,48)52-7-11-15(37)17(39)23(54-11)35-8-29-13-19(35)31-25(27)33-21(13)41/h8-11,14-17,22-23,28,36-39H,3-7H2,1-2H3,(H,45,46)(H,47,48)(H2,42,43,44)(H3,26,30,32,40)(H3,27,31,33,41)/t9?,10-,11?,14?,15-,16?,17-,22?,23?/m1/s1. The monoisotopic (exact) mass is 894 g/mol. The molecule has 15 N–H and O–H groups in total. The molecule has 8 unspecified atom stereocenters. The first-order valence-corrected chi connectivity index (χ1v) is 21.1. The molecule has 5 rings (SSSR count). The van der Waals surface area contributed by atoms with E-state index >= 15 is 0 Å². The second-order valence-corrected chi connectivity index (χ2v) is 16.5. The van der Waals surface area contributed by atoms with Crippen LogP contribution in [-0.4, -0.2) is 158 Å². The van der Waals surface area contributed by atoms with Crippen molar-refractivity contribution in [2.45, 2.75) is 62.1 Å². The zero-order valence-corrected chi connectivity index (χ0v) is 32.7. The number of phosphoric ester groups is 3. The summed E-state index contributed by atoms with van der Waals surface area (Å²) >= 11 is 0. The summed E-state index contributed by atoms with van der Waals surface area (Å²) in [7, 11) is -14.5. The molecule has 326 valence electrons. The number of hydrogen-bond donors (Lipinski definition) is 13. The number of imidazole rings is 1. The number of ether oxygens (including phenoxy) is 2. The second-order valence-electron chi connectivity index (χ2n) is 12.4. The van der Waals surface area contributed by atoms with Crippen molar-refractivity contribution in [2.75, 3.05) is 61.7 Å². The minimum absolute atomic E-state index is 0.0468. The minimum atomic E-state index is -5.42. The molecule has 33 heteroatoms. The average molecular weight is 895 g/mol. The molecule has 0 spiro atoms. The highest BCUT2D eigenvalue weighted by atomic mass is 31.2. The van der Waals surface area contributed by atoms with Crippen LogP contribution in [0.5, 0.6) is 0 Å². The summed E-state index contributed by atoms with van der Waals surface area (Å²) in [5.74, 6) is -0.627. The van der Waals surface area contributed by atoms with Crippen molar-refractivity contribution in [2.24, 2.45) is 0 Å². The van der Waals surface area contributed by atoms with E-state index < -0.39 is 116 Å². The molecule has 2 saturated heterocycles. The van der Waals surface area contributed by atoms with Gasteiger partial charge >= 0.3 is 23.5 Å². The molecule has 0 aromatic carbocycles. The molecule has 3 aromatic heterocycles. The van der Waals surface area contributed by atoms with Crippen LogP contribution >= 0.6 is 23.5 Å². The number of aromatic nitrogens is 6. The zero-order valence-electron chi connectivity index (χ0n) is 30.0. The molecule has 0 radical (unpaired) electrons. The van der Waals surface area contributed by atoms with Gasteiger partial charge in [-0.3, -0.25) is 46.7 Å². The fourth-order valence-corrected chi connectivity index (χ4v) is 7.82. The third-order valence-electron chi connectivity index (χ3n) is 8.43. The van der Waals surface area contributed by atoms with Gasteiger partial charge in [-0.15, -0.1) is 0 Å². The van der Waals surface area contributed by atoms with E-state index in [9.17, 15) is 63.3 Å². The van der Waals surface area contributed by atoms with Crippen molar-refractivity contribution in [3.63, 3.8) is 0 Å². The maximum Gasteiger partial charge on any atom is 0.472 e. The van der Waals surface area contributed by atoms with E-state index in [2.05, 4.69) is 34.8 Å². The van der Waals surface area contributed by atoms with Gasteiger partial charge in [0, 0.05) is 13.6 Å². The number of hydrogen-bond acceptors (Lipinski definition) is 23. The van der Waals surface area contributed by atoms with E-state index in [1.54, 1.807) is 6.92 Å². The van der Waals surface area contributed by atoms with Crippen LogP contribution in [0.15, 0.2) is 15.9 Å². The quantitative estimate of drug-likeness (QED) is 0.0507. The van der Waals surface area contributed by atoms with E-state index in [4.69, 9.17) is 39.0 Å². The van der Waals surface area contributed by atoms with Gasteiger partial charge in [-0.1, -0.05) is 0 Å². The third-order valence-corrected chi connectivity index (χ3v) is 10.9. The molecule has 30 nitrogen and oxygen atoms in total. The summed E-state index contributed by atoms with van der Waals surface area (Å²) in [6.07, 6.45) is -13.8. The molecule has 58 heavy (non-hydrogen) atoms. The number of nitrogens with zero attached hydrogens (tertiary/aromatic N) is 5. The lowest BCUT2D eigenvalue weighted by Crippen LogP contribution is -2.45. The molecule has 2 aliphatic heterocycles. The van der Waals surface area contributed by atoms with E-state index in [0.29, 0.717) is 0 Å². The van der Waals surface area contributed by atoms with Gasteiger partial charge in [0.2, 0.25) is 11.9 Å². The van der Waals surface area contributed by atoms with Crippen LogP contribution in [0.4, 0.5) is 23.4 Å². The van der Waals surface area contributed by atoms with Crippen LogP contribution in [0.2, 0.25) is 0 Å². The van der Waals surface area contributed by atoms with E-state index in [-0.39, 0.29) is 41.1 Å². The molecule has 0 bridgehead atoms. The smallest absolute Gasteiger partial charge is 0.387 e. The maximum atomic E-state index is 12.7. The molecule has 3 aromatic rings. The molecule has 2 aliphatic rings. The number of nitrogens with one attached hydrogen (secondary N) is 3. The Morgan fingerprint density at radius 2 is 1.41 bits per heavy atom. The number of likely N-dealkylation sites (N-methyl/N-ethyl adjacent to an activating group) is 1. The summed E-state index contributed by atoms with van der Waals surface area (Å²) in [5, 5.41) is 45.1. The highest BCUT2D eigenvalue weighted by molar-refractivity contribution is 7.47. The minimum Gasteiger partial charge on any atom is -0.387 e. The fraction of sp³-hybridized carbons (Fsp3) is 0.640. The van der Waals surface area contributed by atoms with Crippen molar-refractivity contribution in [3.8, 4) is 0 Å². The first-order chi connectivity index (χ1) is 27.0. The fourth-order valence-electron chi connectivity index (χ4n) is 5.78. The van der Waals surface area contributed by atoms with Crippen LogP contribution in [0.25, 0.3) is 11.2 Å². The van der Waals surface area contributed by atoms with Crippen LogP contribution in [0, 0.1) is 0 Å². The SMILES string of the molecule is CCN(c1nc(N)[nH]c(=O)c1NC)C1O[C@H](COP(=O)(O)OCC(COP(=O)(O)OCC2OC(n3cnc4c(=O)[nH]c(N)nc43)[C@H](O)[C@@H]2O)OP(=O)(O)O)C(O)C1O. The van der Waals surface area contributed by atoms with Gasteiger partial charge < -0.3 is 71.2 Å².